The Hall–Kier alpha value is -2.04. The predicted octanol–water partition coefficient (Wildman–Crippen LogP) is 0.823. The molecule has 0 fully saturated rings. The van der Waals surface area contributed by atoms with Crippen LogP contribution in [0.2, 0.25) is 0 Å². The molecule has 0 aliphatic carbocycles. The molecule has 16 heavy (non-hydrogen) atoms. The first kappa shape index (κ1) is 12.0. The highest BCUT2D eigenvalue weighted by Gasteiger charge is 2.05. The highest BCUT2D eigenvalue weighted by molar-refractivity contribution is 5.94. The zero-order valence-corrected chi connectivity index (χ0v) is 9.03. The summed E-state index contributed by atoms with van der Waals surface area (Å²) in [5.74, 6) is 0.332. The van der Waals surface area contributed by atoms with Crippen LogP contribution in [0.1, 0.15) is 12.5 Å². The molecular weight excluding hydrogens is 208 g/mol. The molecule has 0 atom stereocenters. The van der Waals surface area contributed by atoms with Gasteiger partial charge >= 0.3 is 6.03 Å². The maximum atomic E-state index is 11.2. The third-order valence-electron chi connectivity index (χ3n) is 1.86. The summed E-state index contributed by atoms with van der Waals surface area (Å²) in [6.07, 6.45) is 0.120. The molecule has 1 rings (SSSR count). The number of carbonyl (C=O) groups is 2. The number of nitrogens with two attached hydrogens (primary N) is 1. The van der Waals surface area contributed by atoms with Gasteiger partial charge in [-0.2, -0.15) is 0 Å². The van der Waals surface area contributed by atoms with Gasteiger partial charge in [-0.1, -0.05) is 12.1 Å². The summed E-state index contributed by atoms with van der Waals surface area (Å²) < 4.78 is 5.26. The maximum absolute atomic E-state index is 11.2. The van der Waals surface area contributed by atoms with Crippen LogP contribution in [-0.4, -0.2) is 18.5 Å². The van der Waals surface area contributed by atoms with Gasteiger partial charge in [0, 0.05) is 0 Å². The fourth-order valence-electron chi connectivity index (χ4n) is 1.24. The van der Waals surface area contributed by atoms with Crippen molar-refractivity contribution in [3.63, 3.8) is 0 Å². The van der Waals surface area contributed by atoms with Crippen molar-refractivity contribution in [3.05, 3.63) is 29.8 Å². The van der Waals surface area contributed by atoms with Crippen molar-refractivity contribution in [2.45, 2.75) is 13.3 Å². The lowest BCUT2D eigenvalue weighted by atomic mass is 10.1. The van der Waals surface area contributed by atoms with Gasteiger partial charge in [-0.05, 0) is 24.6 Å². The third-order valence-corrected chi connectivity index (χ3v) is 1.86. The van der Waals surface area contributed by atoms with Crippen molar-refractivity contribution < 1.29 is 14.3 Å². The minimum absolute atomic E-state index is 0.120. The number of hydrogen-bond acceptors (Lipinski definition) is 3. The lowest BCUT2D eigenvalue weighted by Crippen LogP contribution is -2.35. The van der Waals surface area contributed by atoms with Crippen molar-refractivity contribution in [3.8, 4) is 5.75 Å². The molecule has 3 amide bonds. The van der Waals surface area contributed by atoms with E-state index < -0.39 is 11.9 Å². The van der Waals surface area contributed by atoms with Crippen LogP contribution in [0.5, 0.6) is 5.75 Å². The number of primary amides is 1. The van der Waals surface area contributed by atoms with Gasteiger partial charge in [0.2, 0.25) is 5.91 Å². The molecule has 0 unspecified atom stereocenters. The van der Waals surface area contributed by atoms with E-state index in [1.54, 1.807) is 24.3 Å². The molecule has 0 radical (unpaired) electrons. The zero-order valence-electron chi connectivity index (χ0n) is 9.03. The monoisotopic (exact) mass is 222 g/mol. The summed E-state index contributed by atoms with van der Waals surface area (Å²) in [5, 5.41) is 2.00. The summed E-state index contributed by atoms with van der Waals surface area (Å²) in [7, 11) is 0. The molecule has 0 heterocycles. The number of benzene rings is 1. The average Bonchev–Trinajstić information content (AvgIpc) is 2.20. The van der Waals surface area contributed by atoms with E-state index in [2.05, 4.69) is 0 Å². The largest absolute Gasteiger partial charge is 0.494 e. The Morgan fingerprint density at radius 1 is 1.31 bits per heavy atom. The highest BCUT2D eigenvalue weighted by atomic mass is 16.5. The minimum atomic E-state index is -0.837. The number of urea groups is 1. The second kappa shape index (κ2) is 5.75. The van der Waals surface area contributed by atoms with Gasteiger partial charge in [-0.15, -0.1) is 0 Å². The van der Waals surface area contributed by atoms with E-state index in [1.165, 1.54) is 0 Å². The molecule has 5 heteroatoms. The SMILES string of the molecule is CCOc1ccc(CC(=O)NC(N)=O)cc1. The number of rotatable bonds is 4. The smallest absolute Gasteiger partial charge is 0.318 e. The molecule has 1 aromatic carbocycles. The first-order chi connectivity index (χ1) is 7.61. The Morgan fingerprint density at radius 3 is 2.44 bits per heavy atom. The van der Waals surface area contributed by atoms with E-state index in [9.17, 15) is 9.59 Å². The number of hydrogen-bond donors (Lipinski definition) is 2. The van der Waals surface area contributed by atoms with Crippen LogP contribution >= 0.6 is 0 Å². The fourth-order valence-corrected chi connectivity index (χ4v) is 1.24. The van der Waals surface area contributed by atoms with Gasteiger partial charge in [-0.25, -0.2) is 4.79 Å². The van der Waals surface area contributed by atoms with Crippen molar-refractivity contribution in [1.29, 1.82) is 0 Å². The molecule has 0 saturated heterocycles. The number of carbonyl (C=O) groups excluding carboxylic acids is 2. The minimum Gasteiger partial charge on any atom is -0.494 e. The normalized spacial score (nSPS) is 9.56. The Balaban J connectivity index is 2.54. The van der Waals surface area contributed by atoms with Gasteiger partial charge in [0.25, 0.3) is 0 Å². The Kier molecular flexibility index (Phi) is 4.32. The van der Waals surface area contributed by atoms with Gasteiger partial charge < -0.3 is 10.5 Å². The Bertz CT molecular complexity index is 373. The maximum Gasteiger partial charge on any atom is 0.318 e. The Labute approximate surface area is 93.6 Å². The lowest BCUT2D eigenvalue weighted by Gasteiger charge is -2.04. The Morgan fingerprint density at radius 2 is 1.94 bits per heavy atom. The van der Waals surface area contributed by atoms with Crippen LogP contribution in [0, 0.1) is 0 Å². The molecule has 3 N–H and O–H groups in total. The van der Waals surface area contributed by atoms with E-state index in [1.807, 2.05) is 12.2 Å². The van der Waals surface area contributed by atoms with Crippen molar-refractivity contribution in [1.82, 2.24) is 5.32 Å². The van der Waals surface area contributed by atoms with Gasteiger partial charge in [0.05, 0.1) is 13.0 Å². The molecule has 0 bridgehead atoms. The lowest BCUT2D eigenvalue weighted by molar-refractivity contribution is -0.119. The van der Waals surface area contributed by atoms with Crippen LogP contribution in [0.3, 0.4) is 0 Å². The predicted molar refractivity (Wildman–Crippen MR) is 59.0 cm³/mol. The molecule has 0 saturated carbocycles. The van der Waals surface area contributed by atoms with Crippen LogP contribution in [0.4, 0.5) is 4.79 Å². The van der Waals surface area contributed by atoms with E-state index in [-0.39, 0.29) is 6.42 Å². The average molecular weight is 222 g/mol. The number of imide groups is 1. The second-order valence-corrected chi connectivity index (χ2v) is 3.17. The first-order valence-electron chi connectivity index (χ1n) is 4.93. The van der Waals surface area contributed by atoms with E-state index in [0.29, 0.717) is 6.61 Å². The fraction of sp³-hybridized carbons (Fsp3) is 0.273. The van der Waals surface area contributed by atoms with Gasteiger partial charge in [-0.3, -0.25) is 10.1 Å². The summed E-state index contributed by atoms with van der Waals surface area (Å²) in [5.41, 5.74) is 5.61. The van der Waals surface area contributed by atoms with Gasteiger partial charge in [0.1, 0.15) is 5.75 Å². The summed E-state index contributed by atoms with van der Waals surface area (Å²) in [6, 6.07) is 6.25. The number of amides is 3. The third kappa shape index (κ3) is 4.00. The molecule has 86 valence electrons. The highest BCUT2D eigenvalue weighted by Crippen LogP contribution is 2.12. The number of ether oxygens (including phenoxy) is 1. The summed E-state index contributed by atoms with van der Waals surface area (Å²) in [4.78, 5) is 21.6. The summed E-state index contributed by atoms with van der Waals surface area (Å²) in [6.45, 7) is 2.50. The van der Waals surface area contributed by atoms with Crippen LogP contribution < -0.4 is 15.8 Å². The van der Waals surface area contributed by atoms with E-state index in [0.717, 1.165) is 11.3 Å². The zero-order chi connectivity index (χ0) is 12.0. The number of nitrogens with one attached hydrogen (secondary N) is 1. The quantitative estimate of drug-likeness (QED) is 0.791. The summed E-state index contributed by atoms with van der Waals surface area (Å²) >= 11 is 0. The van der Waals surface area contributed by atoms with Crippen molar-refractivity contribution in [2.75, 3.05) is 6.61 Å². The molecular formula is C11H14N2O3. The molecule has 1 aromatic rings. The van der Waals surface area contributed by atoms with Crippen LogP contribution in [-0.2, 0) is 11.2 Å². The van der Waals surface area contributed by atoms with E-state index in [4.69, 9.17) is 10.5 Å². The molecule has 0 spiro atoms. The van der Waals surface area contributed by atoms with Crippen molar-refractivity contribution >= 4 is 11.9 Å². The molecule has 0 aromatic heterocycles. The van der Waals surface area contributed by atoms with Crippen LogP contribution in [0.15, 0.2) is 24.3 Å². The molecule has 0 aliphatic heterocycles. The van der Waals surface area contributed by atoms with Crippen molar-refractivity contribution in [2.24, 2.45) is 5.73 Å². The second-order valence-electron chi connectivity index (χ2n) is 3.17. The molecule has 0 aliphatic rings. The standard InChI is InChI=1S/C11H14N2O3/c1-2-16-9-5-3-8(4-6-9)7-10(14)13-11(12)15/h3-6H,2,7H2,1H3,(H3,12,13,14,15). The van der Waals surface area contributed by atoms with Crippen LogP contribution in [0.25, 0.3) is 0 Å². The van der Waals surface area contributed by atoms with Gasteiger partial charge in [0.15, 0.2) is 0 Å². The van der Waals surface area contributed by atoms with E-state index >= 15 is 0 Å². The molecule has 5 nitrogen and oxygen atoms in total. The first-order valence-corrected chi connectivity index (χ1v) is 4.93. The topological polar surface area (TPSA) is 81.4 Å².